The first-order valence-electron chi connectivity index (χ1n) is 11.2. The normalized spacial score (nSPS) is 15.0. The van der Waals surface area contributed by atoms with Crippen molar-refractivity contribution in [1.82, 2.24) is 15.0 Å². The molecular weight excluding hydrogens is 463 g/mol. The fraction of sp³-hybridized carbons (Fsp3) is 0.458. The highest BCUT2D eigenvalue weighted by Gasteiger charge is 2.38. The zero-order valence-electron chi connectivity index (χ0n) is 19.8. The van der Waals surface area contributed by atoms with Crippen LogP contribution in [-0.2, 0) is 17.5 Å². The van der Waals surface area contributed by atoms with Crippen LogP contribution in [0.3, 0.4) is 0 Å². The maximum absolute atomic E-state index is 13.1. The van der Waals surface area contributed by atoms with Crippen LogP contribution in [0, 0.1) is 12.3 Å². The van der Waals surface area contributed by atoms with E-state index in [0.29, 0.717) is 47.3 Å². The van der Waals surface area contributed by atoms with Crippen LogP contribution in [0.1, 0.15) is 36.5 Å². The van der Waals surface area contributed by atoms with Crippen molar-refractivity contribution in [1.29, 1.82) is 0 Å². The number of hydrogen-bond donors (Lipinski definition) is 2. The van der Waals surface area contributed by atoms with Gasteiger partial charge in [0.15, 0.2) is 11.5 Å². The molecule has 188 valence electrons. The van der Waals surface area contributed by atoms with Crippen LogP contribution in [0.2, 0.25) is 0 Å². The van der Waals surface area contributed by atoms with E-state index in [0.717, 1.165) is 25.3 Å². The Morgan fingerprint density at radius 2 is 1.80 bits per heavy atom. The minimum Gasteiger partial charge on any atom is -0.493 e. The van der Waals surface area contributed by atoms with Crippen molar-refractivity contribution >= 4 is 22.4 Å². The number of nitrogen functional groups attached to an aromatic ring is 1. The van der Waals surface area contributed by atoms with Crippen molar-refractivity contribution in [3.63, 3.8) is 0 Å². The van der Waals surface area contributed by atoms with Crippen LogP contribution in [0.4, 0.5) is 24.7 Å². The summed E-state index contributed by atoms with van der Waals surface area (Å²) in [6, 6.07) is 5.74. The van der Waals surface area contributed by atoms with E-state index in [2.05, 4.69) is 20.3 Å². The van der Waals surface area contributed by atoms with Gasteiger partial charge < -0.3 is 25.3 Å². The summed E-state index contributed by atoms with van der Waals surface area (Å²) in [7, 11) is 3.24. The van der Waals surface area contributed by atoms with Crippen LogP contribution in [-0.4, -0.2) is 42.4 Å². The van der Waals surface area contributed by atoms with E-state index >= 15 is 0 Å². The molecule has 35 heavy (non-hydrogen) atoms. The van der Waals surface area contributed by atoms with Crippen LogP contribution in [0.5, 0.6) is 11.5 Å². The Kier molecular flexibility index (Phi) is 6.88. The summed E-state index contributed by atoms with van der Waals surface area (Å²) in [5.41, 5.74) is 5.33. The fourth-order valence-electron chi connectivity index (χ4n) is 4.23. The number of halogens is 3. The summed E-state index contributed by atoms with van der Waals surface area (Å²) in [5.74, 6) is 1.98. The number of hydrogen-bond acceptors (Lipinski definition) is 8. The molecule has 11 heteroatoms. The SMILES string of the molecule is COCC1(COc2cc3c(NCc4cc(N)cc(C(F)(F)F)n4)nc(C)nc3cc2OC)CCC1. The monoisotopic (exact) mass is 491 g/mol. The number of fused-ring (bicyclic) bond motifs is 1. The molecule has 0 bridgehead atoms. The van der Waals surface area contributed by atoms with Gasteiger partial charge in [0.25, 0.3) is 0 Å². The van der Waals surface area contributed by atoms with Crippen molar-refractivity contribution in [3.05, 3.63) is 41.5 Å². The lowest BCUT2D eigenvalue weighted by Crippen LogP contribution is -2.39. The van der Waals surface area contributed by atoms with Crippen LogP contribution in [0.15, 0.2) is 24.3 Å². The predicted molar refractivity (Wildman–Crippen MR) is 125 cm³/mol. The smallest absolute Gasteiger partial charge is 0.433 e. The van der Waals surface area contributed by atoms with Gasteiger partial charge in [-0.05, 0) is 38.0 Å². The Morgan fingerprint density at radius 3 is 2.43 bits per heavy atom. The number of nitrogens with zero attached hydrogens (tertiary/aromatic N) is 3. The number of aromatic nitrogens is 3. The number of anilines is 2. The molecule has 1 fully saturated rings. The van der Waals surface area contributed by atoms with Crippen molar-refractivity contribution in [2.45, 2.75) is 38.9 Å². The number of methoxy groups -OCH3 is 2. The van der Waals surface area contributed by atoms with Gasteiger partial charge in [0, 0.05) is 29.7 Å². The average molecular weight is 492 g/mol. The van der Waals surface area contributed by atoms with Gasteiger partial charge in [-0.25, -0.2) is 15.0 Å². The molecule has 0 atom stereocenters. The Bertz CT molecular complexity index is 1220. The second-order valence-electron chi connectivity index (χ2n) is 8.84. The minimum absolute atomic E-state index is 0.0150. The molecule has 1 aliphatic rings. The van der Waals surface area contributed by atoms with Gasteiger partial charge >= 0.3 is 6.18 Å². The third-order valence-electron chi connectivity index (χ3n) is 6.12. The molecule has 4 rings (SSSR count). The second kappa shape index (κ2) is 9.73. The highest BCUT2D eigenvalue weighted by Crippen LogP contribution is 2.43. The number of rotatable bonds is 9. The van der Waals surface area contributed by atoms with Gasteiger partial charge in [0.05, 0.1) is 38.1 Å². The molecule has 8 nitrogen and oxygen atoms in total. The molecule has 0 spiro atoms. The first-order valence-corrected chi connectivity index (χ1v) is 11.2. The molecule has 1 saturated carbocycles. The van der Waals surface area contributed by atoms with Crippen LogP contribution >= 0.6 is 0 Å². The zero-order chi connectivity index (χ0) is 25.2. The number of nitrogens with two attached hydrogens (primary N) is 1. The molecule has 3 aromatic rings. The van der Waals surface area contributed by atoms with Crippen LogP contribution in [0.25, 0.3) is 10.9 Å². The summed E-state index contributed by atoms with van der Waals surface area (Å²) in [4.78, 5) is 12.6. The summed E-state index contributed by atoms with van der Waals surface area (Å²) in [6.45, 7) is 2.81. The van der Waals surface area contributed by atoms with E-state index < -0.39 is 11.9 Å². The summed E-state index contributed by atoms with van der Waals surface area (Å²) in [6.07, 6.45) is -1.40. The molecule has 1 aliphatic carbocycles. The van der Waals surface area contributed by atoms with Crippen molar-refractivity contribution in [2.24, 2.45) is 5.41 Å². The highest BCUT2D eigenvalue weighted by molar-refractivity contribution is 5.91. The van der Waals surface area contributed by atoms with Crippen molar-refractivity contribution < 1.29 is 27.4 Å². The first-order chi connectivity index (χ1) is 16.6. The van der Waals surface area contributed by atoms with Gasteiger partial charge in [-0.2, -0.15) is 13.2 Å². The van der Waals surface area contributed by atoms with Gasteiger partial charge in [-0.1, -0.05) is 6.42 Å². The number of aryl methyl sites for hydroxylation is 1. The summed E-state index contributed by atoms with van der Waals surface area (Å²) >= 11 is 0. The van der Waals surface area contributed by atoms with Crippen LogP contribution < -0.4 is 20.5 Å². The predicted octanol–water partition coefficient (Wildman–Crippen LogP) is 4.75. The Hall–Kier alpha value is -3.34. The number of ether oxygens (including phenoxy) is 3. The molecule has 0 saturated heterocycles. The largest absolute Gasteiger partial charge is 0.493 e. The number of nitrogens with one attached hydrogen (secondary N) is 1. The Labute approximate surface area is 201 Å². The summed E-state index contributed by atoms with van der Waals surface area (Å²) in [5, 5.41) is 3.72. The van der Waals surface area contributed by atoms with Crippen molar-refractivity contribution in [3.8, 4) is 11.5 Å². The third-order valence-corrected chi connectivity index (χ3v) is 6.12. The van der Waals surface area contributed by atoms with E-state index in [4.69, 9.17) is 19.9 Å². The highest BCUT2D eigenvalue weighted by atomic mass is 19.4. The van der Waals surface area contributed by atoms with Crippen molar-refractivity contribution in [2.75, 3.05) is 38.5 Å². The standard InChI is InChI=1S/C24H28F3N5O3/c1-14-30-18-10-19(34-3)20(35-13-23(12-33-2)5-4-6-23)9-17(18)22(31-14)29-11-16-7-15(28)8-21(32-16)24(25,26)27/h7-10H,4-6,11-13H2,1-3H3,(H2,28,32)(H,29,30,31). The molecule has 2 heterocycles. The summed E-state index contributed by atoms with van der Waals surface area (Å²) < 4.78 is 56.5. The number of benzene rings is 1. The maximum Gasteiger partial charge on any atom is 0.433 e. The molecule has 2 aromatic heterocycles. The third kappa shape index (κ3) is 5.50. The minimum atomic E-state index is -4.59. The van der Waals surface area contributed by atoms with E-state index in [9.17, 15) is 13.2 Å². The van der Waals surface area contributed by atoms with Gasteiger partial charge in [-0.15, -0.1) is 0 Å². The zero-order valence-corrected chi connectivity index (χ0v) is 19.8. The quantitative estimate of drug-likeness (QED) is 0.442. The van der Waals surface area contributed by atoms with E-state index in [-0.39, 0.29) is 23.3 Å². The molecular formula is C24H28F3N5O3. The number of alkyl halides is 3. The molecule has 3 N–H and O–H groups in total. The lowest BCUT2D eigenvalue weighted by molar-refractivity contribution is -0.141. The number of pyridine rings is 1. The van der Waals surface area contributed by atoms with E-state index in [1.54, 1.807) is 33.3 Å². The lowest BCUT2D eigenvalue weighted by Gasteiger charge is -2.40. The Morgan fingerprint density at radius 1 is 1.03 bits per heavy atom. The maximum atomic E-state index is 13.1. The molecule has 0 amide bonds. The second-order valence-corrected chi connectivity index (χ2v) is 8.84. The lowest BCUT2D eigenvalue weighted by atomic mass is 9.70. The molecule has 0 unspecified atom stereocenters. The van der Waals surface area contributed by atoms with Gasteiger partial charge in [0.1, 0.15) is 17.3 Å². The topological polar surface area (TPSA) is 104 Å². The molecule has 1 aromatic carbocycles. The average Bonchev–Trinajstić information content (AvgIpc) is 2.77. The first kappa shape index (κ1) is 24.8. The van der Waals surface area contributed by atoms with Gasteiger partial charge in [0.2, 0.25) is 0 Å². The fourth-order valence-corrected chi connectivity index (χ4v) is 4.23. The Balaban J connectivity index is 1.63. The molecule has 0 radical (unpaired) electrons. The molecule has 0 aliphatic heterocycles. The van der Waals surface area contributed by atoms with E-state index in [1.165, 1.54) is 6.07 Å². The van der Waals surface area contributed by atoms with E-state index in [1.807, 2.05) is 0 Å². The van der Waals surface area contributed by atoms with Gasteiger partial charge in [-0.3, -0.25) is 0 Å².